The molecule has 0 saturated heterocycles. The van der Waals surface area contributed by atoms with Crippen LogP contribution in [0.15, 0.2) is 71.2 Å². The van der Waals surface area contributed by atoms with Crippen molar-refractivity contribution in [3.63, 3.8) is 0 Å². The first-order valence-corrected chi connectivity index (χ1v) is 11.8. The van der Waals surface area contributed by atoms with Crippen LogP contribution < -0.4 is 14.8 Å². The number of aryl methyl sites for hydroxylation is 1. The zero-order valence-electron chi connectivity index (χ0n) is 18.9. The van der Waals surface area contributed by atoms with Crippen LogP contribution in [0.4, 0.5) is 5.69 Å². The molecule has 3 aromatic carbocycles. The summed E-state index contributed by atoms with van der Waals surface area (Å²) in [6.07, 6.45) is 2.09. The van der Waals surface area contributed by atoms with E-state index < -0.39 is 4.92 Å². The molecule has 3 rings (SSSR count). The lowest BCUT2D eigenvalue weighted by Gasteiger charge is -2.18. The highest BCUT2D eigenvalue weighted by molar-refractivity contribution is 9.10. The third-order valence-corrected chi connectivity index (χ3v) is 6.04. The average molecular weight is 513 g/mol. The zero-order valence-corrected chi connectivity index (χ0v) is 20.5. The van der Waals surface area contributed by atoms with E-state index in [-0.39, 0.29) is 5.69 Å². The Hall–Kier alpha value is -2.90. The smallest absolute Gasteiger partial charge is 0.269 e. The number of rotatable bonds is 12. The van der Waals surface area contributed by atoms with Crippen LogP contribution in [0.5, 0.6) is 11.5 Å². The number of hydrogen-bond acceptors (Lipinski definition) is 5. The fraction of sp³-hybridized carbons (Fsp3) is 0.308. The molecule has 0 amide bonds. The van der Waals surface area contributed by atoms with E-state index in [9.17, 15) is 10.1 Å². The van der Waals surface area contributed by atoms with Crippen molar-refractivity contribution in [1.82, 2.24) is 5.32 Å². The molecule has 0 fully saturated rings. The molecule has 0 aliphatic carbocycles. The van der Waals surface area contributed by atoms with Crippen LogP contribution in [-0.4, -0.2) is 17.6 Å². The first-order chi connectivity index (χ1) is 16.0. The van der Waals surface area contributed by atoms with Crippen molar-refractivity contribution in [3.8, 4) is 11.5 Å². The Labute approximate surface area is 203 Å². The van der Waals surface area contributed by atoms with Crippen LogP contribution in [0.3, 0.4) is 0 Å². The Balaban J connectivity index is 1.60. The van der Waals surface area contributed by atoms with Crippen LogP contribution in [0, 0.1) is 10.1 Å². The van der Waals surface area contributed by atoms with Gasteiger partial charge >= 0.3 is 0 Å². The van der Waals surface area contributed by atoms with Crippen molar-refractivity contribution < 1.29 is 14.4 Å². The summed E-state index contributed by atoms with van der Waals surface area (Å²) in [5.74, 6) is 1.30. The first kappa shape index (κ1) is 24.7. The minimum absolute atomic E-state index is 0.0614. The number of nitrogens with zero attached hydrogens (tertiary/aromatic N) is 1. The number of non-ortho nitro benzene ring substituents is 1. The summed E-state index contributed by atoms with van der Waals surface area (Å²) < 4.78 is 12.7. The lowest BCUT2D eigenvalue weighted by Crippen LogP contribution is -2.26. The molecule has 0 aliphatic rings. The van der Waals surface area contributed by atoms with E-state index in [0.717, 1.165) is 28.4 Å². The molecule has 0 aromatic heterocycles. The Morgan fingerprint density at radius 3 is 2.36 bits per heavy atom. The van der Waals surface area contributed by atoms with Gasteiger partial charge < -0.3 is 14.8 Å². The average Bonchev–Trinajstić information content (AvgIpc) is 2.82. The number of halogens is 1. The van der Waals surface area contributed by atoms with E-state index in [1.165, 1.54) is 17.7 Å². The Bertz CT molecular complexity index is 1040. The molecule has 3 aromatic rings. The third kappa shape index (κ3) is 7.58. The van der Waals surface area contributed by atoms with Gasteiger partial charge in [-0.05, 0) is 67.6 Å². The molecule has 0 radical (unpaired) electrons. The molecule has 0 spiro atoms. The Morgan fingerprint density at radius 1 is 1.00 bits per heavy atom. The lowest BCUT2D eigenvalue weighted by molar-refractivity contribution is -0.384. The van der Waals surface area contributed by atoms with Crippen LogP contribution in [0.25, 0.3) is 0 Å². The largest absolute Gasteiger partial charge is 0.490 e. The highest BCUT2D eigenvalue weighted by Gasteiger charge is 2.13. The second-order valence-electron chi connectivity index (χ2n) is 7.84. The van der Waals surface area contributed by atoms with Gasteiger partial charge in [-0.2, -0.15) is 0 Å². The van der Waals surface area contributed by atoms with E-state index >= 15 is 0 Å². The normalized spacial score (nSPS) is 11.7. The molecule has 0 saturated carbocycles. The summed E-state index contributed by atoms with van der Waals surface area (Å²) in [6, 6.07) is 21.1. The maximum absolute atomic E-state index is 10.8. The van der Waals surface area contributed by atoms with E-state index in [1.807, 2.05) is 25.1 Å². The van der Waals surface area contributed by atoms with E-state index in [2.05, 4.69) is 52.4 Å². The predicted molar refractivity (Wildman–Crippen MR) is 134 cm³/mol. The third-order valence-electron chi connectivity index (χ3n) is 5.30. The van der Waals surface area contributed by atoms with Crippen molar-refractivity contribution in [2.24, 2.45) is 0 Å². The number of ether oxygens (including phenoxy) is 2. The van der Waals surface area contributed by atoms with Gasteiger partial charge in [-0.1, -0.05) is 46.3 Å². The van der Waals surface area contributed by atoms with Crippen LogP contribution in [0.2, 0.25) is 0 Å². The minimum atomic E-state index is -0.412. The molecular formula is C26H29BrN2O4. The minimum Gasteiger partial charge on any atom is -0.490 e. The number of hydrogen-bond donors (Lipinski definition) is 1. The molecule has 33 heavy (non-hydrogen) atoms. The molecule has 0 bridgehead atoms. The van der Waals surface area contributed by atoms with Gasteiger partial charge in [0.1, 0.15) is 6.61 Å². The standard InChI is InChI=1S/C26H29BrN2O4/c1-3-32-25-15-22(17-28-19(2)9-10-20-7-5-4-6-8-20)24(27)16-26(25)33-18-21-11-13-23(14-12-21)29(30)31/h4-8,11-16,19,28H,3,9-10,17-18H2,1-2H3. The molecule has 0 aliphatic heterocycles. The molecule has 174 valence electrons. The molecule has 7 heteroatoms. The fourth-order valence-corrected chi connectivity index (χ4v) is 3.85. The van der Waals surface area contributed by atoms with Crippen LogP contribution >= 0.6 is 15.9 Å². The maximum atomic E-state index is 10.8. The van der Waals surface area contributed by atoms with Crippen molar-refractivity contribution in [2.45, 2.75) is 45.9 Å². The van der Waals surface area contributed by atoms with Crippen molar-refractivity contribution in [2.75, 3.05) is 6.61 Å². The Morgan fingerprint density at radius 2 is 1.70 bits per heavy atom. The van der Waals surface area contributed by atoms with Gasteiger partial charge in [0.15, 0.2) is 11.5 Å². The predicted octanol–water partition coefficient (Wildman–Crippen LogP) is 6.45. The van der Waals surface area contributed by atoms with Crippen molar-refractivity contribution >= 4 is 21.6 Å². The van der Waals surface area contributed by atoms with E-state index in [1.54, 1.807) is 12.1 Å². The number of nitro benzene ring substituents is 1. The van der Waals surface area contributed by atoms with Gasteiger partial charge in [0.25, 0.3) is 5.69 Å². The fourth-order valence-electron chi connectivity index (χ4n) is 3.38. The monoisotopic (exact) mass is 512 g/mol. The van der Waals surface area contributed by atoms with Crippen molar-refractivity contribution in [1.29, 1.82) is 0 Å². The summed E-state index contributed by atoms with van der Waals surface area (Å²) in [5.41, 5.74) is 3.34. The van der Waals surface area contributed by atoms with Gasteiger partial charge in [-0.15, -0.1) is 0 Å². The van der Waals surface area contributed by atoms with E-state index in [0.29, 0.717) is 37.3 Å². The number of benzene rings is 3. The number of nitrogens with one attached hydrogen (secondary N) is 1. The molecule has 1 unspecified atom stereocenters. The Kier molecular flexibility index (Phi) is 9.27. The van der Waals surface area contributed by atoms with Crippen LogP contribution in [-0.2, 0) is 19.6 Å². The maximum Gasteiger partial charge on any atom is 0.269 e. The summed E-state index contributed by atoms with van der Waals surface area (Å²) >= 11 is 3.66. The molecular weight excluding hydrogens is 484 g/mol. The quantitative estimate of drug-likeness (QED) is 0.223. The molecule has 6 nitrogen and oxygen atoms in total. The summed E-state index contributed by atoms with van der Waals surface area (Å²) in [7, 11) is 0. The topological polar surface area (TPSA) is 73.6 Å². The summed E-state index contributed by atoms with van der Waals surface area (Å²) in [4.78, 5) is 10.4. The second kappa shape index (κ2) is 12.4. The first-order valence-electron chi connectivity index (χ1n) is 11.0. The van der Waals surface area contributed by atoms with E-state index in [4.69, 9.17) is 9.47 Å². The van der Waals surface area contributed by atoms with Gasteiger partial charge in [-0.25, -0.2) is 0 Å². The number of nitro groups is 1. The summed E-state index contributed by atoms with van der Waals surface area (Å²) in [5, 5.41) is 14.4. The molecule has 1 atom stereocenters. The van der Waals surface area contributed by atoms with Gasteiger partial charge in [0, 0.05) is 29.2 Å². The second-order valence-corrected chi connectivity index (χ2v) is 8.70. The highest BCUT2D eigenvalue weighted by Crippen LogP contribution is 2.34. The molecule has 0 heterocycles. The lowest BCUT2D eigenvalue weighted by atomic mass is 10.1. The van der Waals surface area contributed by atoms with Crippen LogP contribution in [0.1, 0.15) is 37.0 Å². The zero-order chi connectivity index (χ0) is 23.6. The van der Waals surface area contributed by atoms with Gasteiger partial charge in [0.2, 0.25) is 0 Å². The van der Waals surface area contributed by atoms with Crippen molar-refractivity contribution in [3.05, 3.63) is 98.0 Å². The van der Waals surface area contributed by atoms with Gasteiger partial charge in [0.05, 0.1) is 11.5 Å². The molecule has 1 N–H and O–H groups in total. The van der Waals surface area contributed by atoms with Gasteiger partial charge in [-0.3, -0.25) is 10.1 Å². The summed E-state index contributed by atoms with van der Waals surface area (Å²) in [6.45, 7) is 5.65. The highest BCUT2D eigenvalue weighted by atomic mass is 79.9. The SMILES string of the molecule is CCOc1cc(CNC(C)CCc2ccccc2)c(Br)cc1OCc1ccc([N+](=O)[O-])cc1.